The molecule has 48 valence electrons. The standard InChI is InChI=1S/C4H3NO3S/c6-3-4(8-7-3)1-9-2-5-4/h2H,1H2. The summed E-state index contributed by atoms with van der Waals surface area (Å²) >= 11 is 1.44. The number of carbonyl (C=O) groups is 1. The zero-order valence-corrected chi connectivity index (χ0v) is 5.18. The Labute approximate surface area is 55.2 Å². The normalized spacial score (nSPS) is 38.9. The molecule has 5 heteroatoms. The molecule has 0 aliphatic carbocycles. The van der Waals surface area contributed by atoms with Crippen LogP contribution in [0.5, 0.6) is 0 Å². The van der Waals surface area contributed by atoms with E-state index in [1.165, 1.54) is 11.8 Å². The number of aliphatic imine (C=N–C) groups is 1. The van der Waals surface area contributed by atoms with E-state index in [2.05, 4.69) is 14.8 Å². The minimum absolute atomic E-state index is 0.385. The molecule has 9 heavy (non-hydrogen) atoms. The van der Waals surface area contributed by atoms with E-state index in [9.17, 15) is 4.79 Å². The highest BCUT2D eigenvalue weighted by atomic mass is 32.2. The molecular weight excluding hydrogens is 142 g/mol. The zero-order valence-electron chi connectivity index (χ0n) is 4.36. The third-order valence-corrected chi connectivity index (χ3v) is 2.00. The van der Waals surface area contributed by atoms with E-state index in [4.69, 9.17) is 0 Å². The third-order valence-electron chi connectivity index (χ3n) is 1.19. The SMILES string of the molecule is O=C1OOC12CSC=N2. The minimum Gasteiger partial charge on any atom is -0.289 e. The van der Waals surface area contributed by atoms with Gasteiger partial charge in [-0.25, -0.2) is 9.79 Å². The van der Waals surface area contributed by atoms with Gasteiger partial charge in [0.25, 0.3) is 0 Å². The lowest BCUT2D eigenvalue weighted by Crippen LogP contribution is -2.51. The van der Waals surface area contributed by atoms with E-state index in [1.54, 1.807) is 5.55 Å². The molecule has 1 unspecified atom stereocenters. The van der Waals surface area contributed by atoms with Crippen molar-refractivity contribution in [1.82, 2.24) is 0 Å². The predicted molar refractivity (Wildman–Crippen MR) is 30.9 cm³/mol. The van der Waals surface area contributed by atoms with Crippen LogP contribution in [-0.2, 0) is 14.6 Å². The van der Waals surface area contributed by atoms with Crippen LogP contribution in [0.1, 0.15) is 0 Å². The monoisotopic (exact) mass is 145 g/mol. The van der Waals surface area contributed by atoms with Gasteiger partial charge in [-0.1, -0.05) is 0 Å². The van der Waals surface area contributed by atoms with Gasteiger partial charge in [0, 0.05) is 0 Å². The van der Waals surface area contributed by atoms with Crippen molar-refractivity contribution in [3.63, 3.8) is 0 Å². The smallest absolute Gasteiger partial charge is 0.289 e. The molecule has 0 aromatic heterocycles. The van der Waals surface area contributed by atoms with E-state index in [1.807, 2.05) is 0 Å². The second-order valence-electron chi connectivity index (χ2n) is 1.78. The summed E-state index contributed by atoms with van der Waals surface area (Å²) in [5.74, 6) is 0.162. The molecule has 2 rings (SSSR count). The summed E-state index contributed by atoms with van der Waals surface area (Å²) in [6.45, 7) is 0. The van der Waals surface area contributed by atoms with Gasteiger partial charge in [-0.15, -0.1) is 16.6 Å². The van der Waals surface area contributed by atoms with Crippen molar-refractivity contribution in [2.24, 2.45) is 4.99 Å². The summed E-state index contributed by atoms with van der Waals surface area (Å²) in [4.78, 5) is 23.0. The summed E-state index contributed by atoms with van der Waals surface area (Å²) in [6.07, 6.45) is 0. The molecule has 0 aromatic carbocycles. The van der Waals surface area contributed by atoms with Crippen LogP contribution in [0.15, 0.2) is 4.99 Å². The molecule has 2 aliphatic heterocycles. The minimum atomic E-state index is -0.954. The Morgan fingerprint density at radius 1 is 1.89 bits per heavy atom. The molecule has 0 N–H and O–H groups in total. The van der Waals surface area contributed by atoms with Gasteiger partial charge in [0.05, 0.1) is 11.3 Å². The number of carbonyl (C=O) groups excluding carboxylic acids is 1. The first-order chi connectivity index (χ1) is 4.33. The van der Waals surface area contributed by atoms with Crippen LogP contribution in [0.2, 0.25) is 0 Å². The second kappa shape index (κ2) is 1.48. The van der Waals surface area contributed by atoms with Gasteiger partial charge >= 0.3 is 11.7 Å². The van der Waals surface area contributed by atoms with Crippen LogP contribution in [-0.4, -0.2) is 23.0 Å². The molecule has 0 amide bonds. The highest BCUT2D eigenvalue weighted by molar-refractivity contribution is 8.12. The van der Waals surface area contributed by atoms with Crippen LogP contribution in [0.25, 0.3) is 0 Å². The molecule has 1 fully saturated rings. The van der Waals surface area contributed by atoms with Crippen molar-refractivity contribution in [3.05, 3.63) is 0 Å². The summed E-state index contributed by atoms with van der Waals surface area (Å²) < 4.78 is 0. The van der Waals surface area contributed by atoms with Crippen molar-refractivity contribution in [3.8, 4) is 0 Å². The first kappa shape index (κ1) is 5.25. The molecule has 0 saturated carbocycles. The van der Waals surface area contributed by atoms with Gasteiger partial charge in [-0.3, -0.25) is 4.89 Å². The van der Waals surface area contributed by atoms with Crippen LogP contribution >= 0.6 is 11.8 Å². The summed E-state index contributed by atoms with van der Waals surface area (Å²) in [6, 6.07) is 0. The fraction of sp³-hybridized carbons (Fsp3) is 0.500. The molecule has 2 aliphatic rings. The number of thioether (sulfide) groups is 1. The van der Waals surface area contributed by atoms with Crippen molar-refractivity contribution >= 4 is 23.3 Å². The summed E-state index contributed by atoms with van der Waals surface area (Å²) in [5, 5.41) is 0. The molecule has 0 aromatic rings. The average molecular weight is 145 g/mol. The van der Waals surface area contributed by atoms with Gasteiger partial charge in [0.2, 0.25) is 0 Å². The molecule has 1 saturated heterocycles. The van der Waals surface area contributed by atoms with Crippen LogP contribution in [0, 0.1) is 0 Å². The lowest BCUT2D eigenvalue weighted by molar-refractivity contribution is -0.392. The Hall–Kier alpha value is -0.550. The second-order valence-corrected chi connectivity index (χ2v) is 2.62. The van der Waals surface area contributed by atoms with Crippen LogP contribution in [0.4, 0.5) is 0 Å². The molecule has 2 heterocycles. The fourth-order valence-electron chi connectivity index (χ4n) is 0.639. The van der Waals surface area contributed by atoms with Crippen molar-refractivity contribution in [2.75, 3.05) is 5.75 Å². The van der Waals surface area contributed by atoms with E-state index in [-0.39, 0.29) is 5.97 Å². The van der Waals surface area contributed by atoms with Crippen LogP contribution in [0.3, 0.4) is 0 Å². The first-order valence-electron chi connectivity index (χ1n) is 2.39. The lowest BCUT2D eigenvalue weighted by Gasteiger charge is -2.28. The summed E-state index contributed by atoms with van der Waals surface area (Å²) in [5.41, 5.74) is 0.644. The van der Waals surface area contributed by atoms with Gasteiger partial charge < -0.3 is 0 Å². The van der Waals surface area contributed by atoms with Gasteiger partial charge in [-0.2, -0.15) is 0 Å². The predicted octanol–water partition coefficient (Wildman–Crippen LogP) is -0.0538. The topological polar surface area (TPSA) is 47.9 Å². The van der Waals surface area contributed by atoms with Gasteiger partial charge in [0.1, 0.15) is 0 Å². The number of nitrogens with zero attached hydrogens (tertiary/aromatic N) is 1. The van der Waals surface area contributed by atoms with E-state index >= 15 is 0 Å². The highest BCUT2D eigenvalue weighted by Gasteiger charge is 2.54. The first-order valence-corrected chi connectivity index (χ1v) is 3.44. The Balaban J connectivity index is 2.25. The summed E-state index contributed by atoms with van der Waals surface area (Å²) in [7, 11) is 0. The quantitative estimate of drug-likeness (QED) is 0.448. The number of hydrogen-bond acceptors (Lipinski definition) is 5. The van der Waals surface area contributed by atoms with Crippen molar-refractivity contribution < 1.29 is 14.6 Å². The van der Waals surface area contributed by atoms with Gasteiger partial charge in [-0.05, 0) is 0 Å². The maximum Gasteiger partial charge on any atom is 0.401 e. The third kappa shape index (κ3) is 0.529. The lowest BCUT2D eigenvalue weighted by atomic mass is 10.3. The highest BCUT2D eigenvalue weighted by Crippen LogP contribution is 2.33. The molecule has 0 radical (unpaired) electrons. The largest absolute Gasteiger partial charge is 0.401 e. The Morgan fingerprint density at radius 3 is 3.00 bits per heavy atom. The van der Waals surface area contributed by atoms with Crippen LogP contribution < -0.4 is 0 Å². The fourth-order valence-corrected chi connectivity index (χ4v) is 1.42. The zero-order chi connectivity index (χ0) is 6.32. The molecule has 1 atom stereocenters. The van der Waals surface area contributed by atoms with E-state index in [0.717, 1.165) is 0 Å². The van der Waals surface area contributed by atoms with Crippen molar-refractivity contribution in [2.45, 2.75) is 5.72 Å². The Morgan fingerprint density at radius 2 is 2.78 bits per heavy atom. The van der Waals surface area contributed by atoms with E-state index in [0.29, 0.717) is 5.75 Å². The molecule has 4 nitrogen and oxygen atoms in total. The molecular formula is C4H3NO3S. The Kier molecular flexibility index (Phi) is 0.866. The molecule has 1 spiro atoms. The average Bonchev–Trinajstić information content (AvgIpc) is 2.34. The van der Waals surface area contributed by atoms with Crippen molar-refractivity contribution in [1.29, 1.82) is 0 Å². The maximum absolute atomic E-state index is 10.6. The molecule has 0 bridgehead atoms. The maximum atomic E-state index is 10.6. The number of rotatable bonds is 0. The number of hydrogen-bond donors (Lipinski definition) is 0. The Bertz CT molecular complexity index is 192. The van der Waals surface area contributed by atoms with Gasteiger partial charge in [0.15, 0.2) is 0 Å². The van der Waals surface area contributed by atoms with E-state index < -0.39 is 5.72 Å².